The molecular weight excluding hydrogens is 422 g/mol. The molecule has 0 aromatic carbocycles. The van der Waals surface area contributed by atoms with Crippen LogP contribution in [0.5, 0.6) is 0 Å². The minimum absolute atomic E-state index is 0.0643. The maximum absolute atomic E-state index is 13.4. The van der Waals surface area contributed by atoms with Crippen LogP contribution in [-0.4, -0.2) is 60.6 Å². The Bertz CT molecular complexity index is 1450. The fraction of sp³-hybridized carbons (Fsp3) is 0.348. The molecule has 170 valence electrons. The van der Waals surface area contributed by atoms with Crippen LogP contribution in [0.1, 0.15) is 22.3 Å². The lowest BCUT2D eigenvalue weighted by Gasteiger charge is -2.27. The van der Waals surface area contributed by atoms with E-state index in [2.05, 4.69) is 4.98 Å². The van der Waals surface area contributed by atoms with Crippen molar-refractivity contribution in [3.8, 4) is 0 Å². The van der Waals surface area contributed by atoms with Crippen molar-refractivity contribution >= 4 is 22.6 Å². The summed E-state index contributed by atoms with van der Waals surface area (Å²) in [6.07, 6.45) is 7.70. The van der Waals surface area contributed by atoms with E-state index in [-0.39, 0.29) is 22.5 Å². The lowest BCUT2D eigenvalue weighted by Crippen LogP contribution is -2.43. The topological polar surface area (TPSA) is 111 Å². The van der Waals surface area contributed by atoms with Crippen LogP contribution in [0.25, 0.3) is 16.7 Å². The lowest BCUT2D eigenvalue weighted by atomic mass is 10.1. The van der Waals surface area contributed by atoms with Gasteiger partial charge in [-0.25, -0.2) is 9.97 Å². The van der Waals surface area contributed by atoms with Gasteiger partial charge >= 0.3 is 0 Å². The summed E-state index contributed by atoms with van der Waals surface area (Å²) >= 11 is 0. The number of pyridine rings is 2. The number of hydrogen-bond acceptors (Lipinski definition) is 6. The summed E-state index contributed by atoms with van der Waals surface area (Å²) in [4.78, 5) is 37.2. The third kappa shape index (κ3) is 3.82. The van der Waals surface area contributed by atoms with Gasteiger partial charge in [-0.05, 0) is 31.0 Å². The van der Waals surface area contributed by atoms with Gasteiger partial charge < -0.3 is 18.8 Å². The number of nitrogens with zero attached hydrogens (tertiary/aromatic N) is 6. The second-order valence-electron chi connectivity index (χ2n) is 8.16. The second-order valence-corrected chi connectivity index (χ2v) is 8.16. The van der Waals surface area contributed by atoms with Gasteiger partial charge in [0, 0.05) is 44.8 Å². The predicted molar refractivity (Wildman–Crippen MR) is 121 cm³/mol. The molecule has 0 bridgehead atoms. The van der Waals surface area contributed by atoms with E-state index in [0.29, 0.717) is 62.5 Å². The zero-order valence-corrected chi connectivity index (χ0v) is 18.4. The summed E-state index contributed by atoms with van der Waals surface area (Å²) in [6, 6.07) is 5.23. The number of amides is 1. The number of aryl methyl sites for hydroxylation is 3. The highest BCUT2D eigenvalue weighted by atomic mass is 16.5. The van der Waals surface area contributed by atoms with Crippen molar-refractivity contribution in [3.63, 3.8) is 0 Å². The number of ether oxygens (including phenoxy) is 1. The van der Waals surface area contributed by atoms with Gasteiger partial charge in [-0.15, -0.1) is 0 Å². The van der Waals surface area contributed by atoms with Crippen LogP contribution in [-0.2, 0) is 17.8 Å². The van der Waals surface area contributed by atoms with Crippen molar-refractivity contribution in [2.75, 3.05) is 26.3 Å². The first-order chi connectivity index (χ1) is 16.0. The van der Waals surface area contributed by atoms with Crippen molar-refractivity contribution in [3.05, 3.63) is 70.1 Å². The van der Waals surface area contributed by atoms with E-state index in [1.165, 1.54) is 10.5 Å². The van der Waals surface area contributed by atoms with E-state index in [1.807, 2.05) is 23.8 Å². The normalized spacial score (nSPS) is 14.3. The number of rotatable bonds is 5. The molecule has 0 radical (unpaired) electrons. The summed E-state index contributed by atoms with van der Waals surface area (Å²) < 4.78 is 10.5. The third-order valence-corrected chi connectivity index (χ3v) is 6.02. The monoisotopic (exact) mass is 447 g/mol. The summed E-state index contributed by atoms with van der Waals surface area (Å²) in [7, 11) is 0. The Morgan fingerprint density at radius 3 is 2.76 bits per heavy atom. The molecule has 1 aliphatic rings. The minimum Gasteiger partial charge on any atom is -0.378 e. The number of carbonyl (C=O) groups is 1. The lowest BCUT2D eigenvalue weighted by molar-refractivity contribution is 0.0301. The molecule has 5 heterocycles. The quantitative estimate of drug-likeness (QED) is 0.462. The van der Waals surface area contributed by atoms with Gasteiger partial charge in [0.1, 0.15) is 16.8 Å². The van der Waals surface area contributed by atoms with Crippen molar-refractivity contribution in [1.29, 1.82) is 5.41 Å². The standard InChI is InChI=1S/C23H25N7O3/c1-16-4-2-7-30-20(16)26-21-18(23(30)32)14-17(22(31)28-10-12-33-13-11-28)19(24)29(21)8-3-6-27-9-5-25-15-27/h2,4-5,7,9,14-15,24H,3,6,8,10-13H2,1H3. The zero-order chi connectivity index (χ0) is 22.9. The molecule has 1 N–H and O–H groups in total. The fourth-order valence-corrected chi connectivity index (χ4v) is 4.24. The number of hydrogen-bond donors (Lipinski definition) is 1. The number of aromatic nitrogens is 5. The summed E-state index contributed by atoms with van der Waals surface area (Å²) in [5.41, 5.74) is 1.85. The van der Waals surface area contributed by atoms with E-state index in [4.69, 9.17) is 15.1 Å². The number of fused-ring (bicyclic) bond motifs is 2. The van der Waals surface area contributed by atoms with Crippen molar-refractivity contribution in [1.82, 2.24) is 28.4 Å². The van der Waals surface area contributed by atoms with Gasteiger partial charge in [0.15, 0.2) is 0 Å². The molecule has 1 aliphatic heterocycles. The molecule has 0 saturated carbocycles. The van der Waals surface area contributed by atoms with Crippen LogP contribution >= 0.6 is 0 Å². The first-order valence-corrected chi connectivity index (χ1v) is 11.0. The molecule has 1 fully saturated rings. The summed E-state index contributed by atoms with van der Waals surface area (Å²) in [6.45, 7) is 4.88. The molecule has 0 spiro atoms. The number of nitrogens with one attached hydrogen (secondary N) is 1. The third-order valence-electron chi connectivity index (χ3n) is 6.02. The smallest absolute Gasteiger partial charge is 0.267 e. The van der Waals surface area contributed by atoms with Crippen LogP contribution in [0.15, 0.2) is 47.9 Å². The van der Waals surface area contributed by atoms with Crippen LogP contribution in [0.3, 0.4) is 0 Å². The van der Waals surface area contributed by atoms with Crippen molar-refractivity contribution < 1.29 is 9.53 Å². The van der Waals surface area contributed by atoms with E-state index in [9.17, 15) is 9.59 Å². The first-order valence-electron chi connectivity index (χ1n) is 11.0. The van der Waals surface area contributed by atoms with Crippen molar-refractivity contribution in [2.24, 2.45) is 0 Å². The van der Waals surface area contributed by atoms with Crippen LogP contribution in [0.2, 0.25) is 0 Å². The maximum atomic E-state index is 13.4. The molecule has 0 atom stereocenters. The molecule has 0 unspecified atom stereocenters. The van der Waals surface area contributed by atoms with Gasteiger partial charge in [-0.1, -0.05) is 6.07 Å². The van der Waals surface area contributed by atoms with Crippen LogP contribution < -0.4 is 11.0 Å². The Morgan fingerprint density at radius 2 is 2.00 bits per heavy atom. The van der Waals surface area contributed by atoms with Crippen LogP contribution in [0.4, 0.5) is 0 Å². The Balaban J connectivity index is 1.67. The van der Waals surface area contributed by atoms with E-state index in [1.54, 1.807) is 34.3 Å². The first kappa shape index (κ1) is 21.1. The molecule has 0 aliphatic carbocycles. The maximum Gasteiger partial charge on any atom is 0.267 e. The van der Waals surface area contributed by atoms with E-state index in [0.717, 1.165) is 5.56 Å². The molecule has 1 saturated heterocycles. The molecular formula is C23H25N7O3. The predicted octanol–water partition coefficient (Wildman–Crippen LogP) is 1.20. The van der Waals surface area contributed by atoms with E-state index >= 15 is 0 Å². The number of imidazole rings is 1. The largest absolute Gasteiger partial charge is 0.378 e. The highest BCUT2D eigenvalue weighted by molar-refractivity contribution is 5.97. The second kappa shape index (κ2) is 8.62. The molecule has 4 aromatic rings. The van der Waals surface area contributed by atoms with E-state index < -0.39 is 0 Å². The van der Waals surface area contributed by atoms with Gasteiger partial charge in [-0.2, -0.15) is 0 Å². The Hall–Kier alpha value is -3.79. The van der Waals surface area contributed by atoms with Crippen molar-refractivity contribution in [2.45, 2.75) is 26.4 Å². The Labute approximate surface area is 189 Å². The molecule has 10 nitrogen and oxygen atoms in total. The Morgan fingerprint density at radius 1 is 1.18 bits per heavy atom. The number of morpholine rings is 1. The summed E-state index contributed by atoms with van der Waals surface area (Å²) in [5, 5.41) is 9.21. The number of carbonyl (C=O) groups excluding carboxylic acids is 1. The average Bonchev–Trinajstić information content (AvgIpc) is 3.35. The van der Waals surface area contributed by atoms with Gasteiger partial charge in [-0.3, -0.25) is 19.4 Å². The molecule has 33 heavy (non-hydrogen) atoms. The highest BCUT2D eigenvalue weighted by Gasteiger charge is 2.23. The SMILES string of the molecule is Cc1cccn2c(=O)c3cc(C(=O)N4CCOCC4)c(=N)n(CCCn4ccnc4)c3nc12. The fourth-order valence-electron chi connectivity index (χ4n) is 4.24. The van der Waals surface area contributed by atoms with Gasteiger partial charge in [0.2, 0.25) is 0 Å². The molecule has 1 amide bonds. The molecule has 10 heteroatoms. The average molecular weight is 447 g/mol. The molecule has 5 rings (SSSR count). The highest BCUT2D eigenvalue weighted by Crippen LogP contribution is 2.15. The Kier molecular flexibility index (Phi) is 5.51. The summed E-state index contributed by atoms with van der Waals surface area (Å²) in [5.74, 6) is -0.262. The minimum atomic E-state index is -0.262. The molecule has 4 aromatic heterocycles. The van der Waals surface area contributed by atoms with Gasteiger partial charge in [0.25, 0.3) is 11.5 Å². The van der Waals surface area contributed by atoms with Crippen LogP contribution in [0, 0.1) is 12.3 Å². The zero-order valence-electron chi connectivity index (χ0n) is 18.4. The van der Waals surface area contributed by atoms with Gasteiger partial charge in [0.05, 0.1) is 30.5 Å².